The second-order valence-electron chi connectivity index (χ2n) is 7.68. The van der Waals surface area contributed by atoms with E-state index in [-0.39, 0.29) is 5.91 Å². The molecule has 0 unspecified atom stereocenters. The minimum absolute atomic E-state index is 0.185. The molecule has 166 valence electrons. The number of amides is 1. The predicted octanol–water partition coefficient (Wildman–Crippen LogP) is 1.59. The smallest absolute Gasteiger partial charge is 0.224 e. The second kappa shape index (κ2) is 11.7. The molecule has 2 aliphatic rings. The molecule has 0 radical (unpaired) electrons. The van der Waals surface area contributed by atoms with E-state index in [1.165, 1.54) is 0 Å². The van der Waals surface area contributed by atoms with Crippen LogP contribution in [0.5, 0.6) is 0 Å². The molecule has 3 rings (SSSR count). The van der Waals surface area contributed by atoms with Gasteiger partial charge in [0.05, 0.1) is 12.6 Å². The van der Waals surface area contributed by atoms with Gasteiger partial charge in [0.1, 0.15) is 5.82 Å². The van der Waals surface area contributed by atoms with E-state index in [4.69, 9.17) is 9.73 Å². The van der Waals surface area contributed by atoms with E-state index in [1.54, 1.807) is 0 Å². The summed E-state index contributed by atoms with van der Waals surface area (Å²) in [5, 5.41) is 3.37. The number of nitrogens with one attached hydrogen (secondary N) is 1. The van der Waals surface area contributed by atoms with Crippen LogP contribution in [0, 0.1) is 0 Å². The number of hydrogen-bond donors (Lipinski definition) is 1. The summed E-state index contributed by atoms with van der Waals surface area (Å²) in [7, 11) is 0. The number of ether oxygens (including phenoxy) is 1. The summed E-state index contributed by atoms with van der Waals surface area (Å²) in [5.41, 5.74) is 0. The molecule has 8 heteroatoms. The number of hydrogen-bond acceptors (Lipinski definition) is 5. The molecule has 2 aliphatic heterocycles. The van der Waals surface area contributed by atoms with E-state index in [0.717, 1.165) is 77.0 Å². The van der Waals surface area contributed by atoms with Gasteiger partial charge in [-0.2, -0.15) is 0 Å². The first-order valence-corrected chi connectivity index (χ1v) is 11.3. The minimum atomic E-state index is 0.185. The van der Waals surface area contributed by atoms with Crippen molar-refractivity contribution in [2.75, 3.05) is 63.9 Å². The van der Waals surface area contributed by atoms with Crippen molar-refractivity contribution in [2.45, 2.75) is 39.2 Å². The molecule has 3 heterocycles. The van der Waals surface area contributed by atoms with Crippen LogP contribution in [-0.2, 0) is 9.53 Å². The number of nitrogens with zero attached hydrogens (tertiary/aromatic N) is 5. The fourth-order valence-corrected chi connectivity index (χ4v) is 4.04. The lowest BCUT2D eigenvalue weighted by molar-refractivity contribution is -0.131. The fourth-order valence-electron chi connectivity index (χ4n) is 4.04. The monoisotopic (exact) mass is 416 g/mol. The highest BCUT2D eigenvalue weighted by molar-refractivity contribution is 5.81. The van der Waals surface area contributed by atoms with E-state index in [0.29, 0.717) is 19.1 Å². The summed E-state index contributed by atoms with van der Waals surface area (Å²) < 4.78 is 5.74. The lowest BCUT2D eigenvalue weighted by atomic mass is 10.1. The van der Waals surface area contributed by atoms with Gasteiger partial charge in [-0.1, -0.05) is 6.07 Å². The molecule has 0 saturated carbocycles. The van der Waals surface area contributed by atoms with Crippen molar-refractivity contribution in [3.8, 4) is 0 Å². The summed E-state index contributed by atoms with van der Waals surface area (Å²) >= 11 is 0. The van der Waals surface area contributed by atoms with Gasteiger partial charge < -0.3 is 24.8 Å². The van der Waals surface area contributed by atoms with Gasteiger partial charge in [0, 0.05) is 65.0 Å². The second-order valence-corrected chi connectivity index (χ2v) is 7.68. The Morgan fingerprint density at radius 2 is 1.90 bits per heavy atom. The lowest BCUT2D eigenvalue weighted by Gasteiger charge is -2.35. The van der Waals surface area contributed by atoms with Crippen LogP contribution in [0.25, 0.3) is 0 Å². The SMILES string of the molecule is CCNC(=NCCC(=O)N1CCN(c2ccccn2)CC1)N1CCC(OCC)CC1. The number of aliphatic imine (C=N–C) groups is 1. The van der Waals surface area contributed by atoms with Gasteiger partial charge in [0.25, 0.3) is 0 Å². The van der Waals surface area contributed by atoms with E-state index in [1.807, 2.05) is 36.2 Å². The first-order chi connectivity index (χ1) is 14.7. The average molecular weight is 417 g/mol. The number of guanidine groups is 1. The third kappa shape index (κ3) is 6.32. The summed E-state index contributed by atoms with van der Waals surface area (Å²) in [4.78, 5) is 28.2. The fraction of sp³-hybridized carbons (Fsp3) is 0.682. The molecular formula is C22H36N6O2. The van der Waals surface area contributed by atoms with Crippen molar-refractivity contribution in [3.63, 3.8) is 0 Å². The van der Waals surface area contributed by atoms with E-state index in [2.05, 4.69) is 27.0 Å². The van der Waals surface area contributed by atoms with Gasteiger partial charge in [0.15, 0.2) is 5.96 Å². The number of carbonyl (C=O) groups excluding carboxylic acids is 1. The number of pyridine rings is 1. The van der Waals surface area contributed by atoms with Crippen molar-refractivity contribution < 1.29 is 9.53 Å². The van der Waals surface area contributed by atoms with Crippen LogP contribution in [0.4, 0.5) is 5.82 Å². The van der Waals surface area contributed by atoms with Crippen molar-refractivity contribution in [1.29, 1.82) is 0 Å². The lowest BCUT2D eigenvalue weighted by Crippen LogP contribution is -2.49. The molecule has 1 aromatic rings. The highest BCUT2D eigenvalue weighted by Gasteiger charge is 2.23. The average Bonchev–Trinajstić information content (AvgIpc) is 2.80. The van der Waals surface area contributed by atoms with Gasteiger partial charge in [-0.25, -0.2) is 4.98 Å². The zero-order valence-electron chi connectivity index (χ0n) is 18.4. The molecule has 1 aromatic heterocycles. The standard InChI is InChI=1S/C22H36N6O2/c1-3-23-22(28-13-9-19(10-14-28)30-4-2)25-12-8-21(29)27-17-15-26(16-18-27)20-7-5-6-11-24-20/h5-7,11,19H,3-4,8-10,12-18H2,1-2H3,(H,23,25). The van der Waals surface area contributed by atoms with Gasteiger partial charge in [-0.3, -0.25) is 9.79 Å². The van der Waals surface area contributed by atoms with Crippen LogP contribution >= 0.6 is 0 Å². The van der Waals surface area contributed by atoms with E-state index >= 15 is 0 Å². The van der Waals surface area contributed by atoms with Crippen LogP contribution in [0.3, 0.4) is 0 Å². The number of piperazine rings is 1. The molecular weight excluding hydrogens is 380 g/mol. The Hall–Kier alpha value is -2.35. The maximum Gasteiger partial charge on any atom is 0.224 e. The predicted molar refractivity (Wildman–Crippen MR) is 120 cm³/mol. The number of likely N-dealkylation sites (tertiary alicyclic amines) is 1. The van der Waals surface area contributed by atoms with E-state index in [9.17, 15) is 4.79 Å². The Kier molecular flexibility index (Phi) is 8.74. The largest absolute Gasteiger partial charge is 0.378 e. The zero-order chi connectivity index (χ0) is 21.2. The van der Waals surface area contributed by atoms with Crippen LogP contribution in [0.1, 0.15) is 33.1 Å². The number of anilines is 1. The van der Waals surface area contributed by atoms with Crippen LogP contribution in [0.15, 0.2) is 29.4 Å². The highest BCUT2D eigenvalue weighted by Crippen LogP contribution is 2.15. The first-order valence-electron chi connectivity index (χ1n) is 11.3. The Morgan fingerprint density at radius 1 is 1.13 bits per heavy atom. The van der Waals surface area contributed by atoms with Crippen molar-refractivity contribution >= 4 is 17.7 Å². The van der Waals surface area contributed by atoms with Gasteiger partial charge in [-0.15, -0.1) is 0 Å². The molecule has 1 amide bonds. The van der Waals surface area contributed by atoms with Crippen LogP contribution < -0.4 is 10.2 Å². The maximum absolute atomic E-state index is 12.6. The molecule has 1 N–H and O–H groups in total. The molecule has 0 bridgehead atoms. The number of aromatic nitrogens is 1. The highest BCUT2D eigenvalue weighted by atomic mass is 16.5. The molecule has 30 heavy (non-hydrogen) atoms. The Bertz CT molecular complexity index is 667. The van der Waals surface area contributed by atoms with Crippen molar-refractivity contribution in [2.24, 2.45) is 4.99 Å². The summed E-state index contributed by atoms with van der Waals surface area (Å²) in [6.07, 6.45) is 4.68. The van der Waals surface area contributed by atoms with Gasteiger partial charge in [-0.05, 0) is 38.8 Å². The molecule has 0 spiro atoms. The third-order valence-electron chi connectivity index (χ3n) is 5.67. The Morgan fingerprint density at radius 3 is 2.53 bits per heavy atom. The summed E-state index contributed by atoms with van der Waals surface area (Å²) in [5.74, 6) is 2.09. The zero-order valence-corrected chi connectivity index (χ0v) is 18.4. The molecule has 0 atom stereocenters. The summed E-state index contributed by atoms with van der Waals surface area (Å²) in [6, 6.07) is 5.94. The topological polar surface area (TPSA) is 73.3 Å². The van der Waals surface area contributed by atoms with E-state index < -0.39 is 0 Å². The van der Waals surface area contributed by atoms with Crippen LogP contribution in [0.2, 0.25) is 0 Å². The molecule has 8 nitrogen and oxygen atoms in total. The van der Waals surface area contributed by atoms with Gasteiger partial charge in [0.2, 0.25) is 5.91 Å². The number of rotatable bonds is 7. The minimum Gasteiger partial charge on any atom is -0.378 e. The van der Waals surface area contributed by atoms with Crippen molar-refractivity contribution in [1.82, 2.24) is 20.1 Å². The van der Waals surface area contributed by atoms with Crippen LogP contribution in [-0.4, -0.2) is 91.7 Å². The third-order valence-corrected chi connectivity index (χ3v) is 5.67. The van der Waals surface area contributed by atoms with Gasteiger partial charge >= 0.3 is 0 Å². The normalized spacial score (nSPS) is 18.6. The number of piperidine rings is 1. The molecule has 0 aliphatic carbocycles. The molecule has 2 fully saturated rings. The Labute approximate surface area is 180 Å². The Balaban J connectivity index is 1.43. The number of carbonyl (C=O) groups is 1. The van der Waals surface area contributed by atoms with Crippen molar-refractivity contribution in [3.05, 3.63) is 24.4 Å². The molecule has 0 aromatic carbocycles. The summed E-state index contributed by atoms with van der Waals surface area (Å²) in [6.45, 7) is 11.3. The quantitative estimate of drug-likeness (QED) is 0.538. The first kappa shape index (κ1) is 22.3. The molecule has 2 saturated heterocycles. The maximum atomic E-state index is 12.6.